The lowest BCUT2D eigenvalue weighted by atomic mass is 9.98. The molecule has 5 atom stereocenters. The van der Waals surface area contributed by atoms with E-state index < -0.39 is 84.3 Å². The van der Waals surface area contributed by atoms with Crippen molar-refractivity contribution in [1.82, 2.24) is 0 Å². The quantitative estimate of drug-likeness (QED) is 0.181. The number of hydrogen-bond acceptors (Lipinski definition) is 17. The average Bonchev–Trinajstić information content (AvgIpc) is 2.99. The van der Waals surface area contributed by atoms with Crippen LogP contribution in [0.5, 0.6) is 23.0 Å². The Kier molecular flexibility index (Phi) is 11.6. The van der Waals surface area contributed by atoms with Crippen LogP contribution in [-0.2, 0) is 47.7 Å². The highest BCUT2D eigenvalue weighted by Crippen LogP contribution is 2.39. The van der Waals surface area contributed by atoms with Crippen molar-refractivity contribution in [3.63, 3.8) is 0 Å². The molecule has 1 aromatic heterocycles. The zero-order chi connectivity index (χ0) is 36.9. The Morgan fingerprint density at radius 2 is 1.22 bits per heavy atom. The van der Waals surface area contributed by atoms with Crippen molar-refractivity contribution in [2.24, 2.45) is 0 Å². The maximum atomic E-state index is 14.4. The van der Waals surface area contributed by atoms with Gasteiger partial charge in [-0.05, 0) is 24.3 Å². The number of aliphatic hydroxyl groups is 1. The summed E-state index contributed by atoms with van der Waals surface area (Å²) in [7, 11) is 0. The second kappa shape index (κ2) is 15.6. The number of esters is 6. The van der Waals surface area contributed by atoms with Gasteiger partial charge >= 0.3 is 35.8 Å². The van der Waals surface area contributed by atoms with E-state index in [0.29, 0.717) is 0 Å². The molecule has 0 amide bonds. The first-order chi connectivity index (χ1) is 23.6. The summed E-state index contributed by atoms with van der Waals surface area (Å²) in [4.78, 5) is 86.1. The van der Waals surface area contributed by atoms with Gasteiger partial charge in [0.1, 0.15) is 34.3 Å². The molecule has 266 valence electrons. The molecule has 0 aliphatic carbocycles. The van der Waals surface area contributed by atoms with Gasteiger partial charge in [-0.1, -0.05) is 0 Å². The first kappa shape index (κ1) is 37.0. The fourth-order valence-electron chi connectivity index (χ4n) is 5.05. The average molecular weight is 701 g/mol. The molecular formula is C33H32O17. The Morgan fingerprint density at radius 1 is 0.680 bits per heavy atom. The summed E-state index contributed by atoms with van der Waals surface area (Å²) in [6.45, 7) is 5.66. The van der Waals surface area contributed by atoms with Gasteiger partial charge in [-0.15, -0.1) is 0 Å². The highest BCUT2D eigenvalue weighted by molar-refractivity contribution is 5.91. The molecule has 3 aromatic rings. The van der Waals surface area contributed by atoms with E-state index in [-0.39, 0.29) is 39.5 Å². The van der Waals surface area contributed by atoms with Gasteiger partial charge in [0.05, 0.1) is 6.61 Å². The molecule has 4 rings (SSSR count). The lowest BCUT2D eigenvalue weighted by Gasteiger charge is -2.43. The molecule has 1 N–H and O–H groups in total. The van der Waals surface area contributed by atoms with Gasteiger partial charge in [0.2, 0.25) is 23.6 Å². The lowest BCUT2D eigenvalue weighted by Crippen LogP contribution is -2.63. The molecule has 1 aliphatic heterocycles. The molecule has 0 bridgehead atoms. The minimum atomic E-state index is -1.84. The molecule has 1 aliphatic rings. The van der Waals surface area contributed by atoms with Gasteiger partial charge in [-0.2, -0.15) is 0 Å². The molecule has 1 saturated heterocycles. The molecule has 17 nitrogen and oxygen atoms in total. The first-order valence-electron chi connectivity index (χ1n) is 14.8. The van der Waals surface area contributed by atoms with Gasteiger partial charge in [0.15, 0.2) is 18.0 Å². The first-order valence-corrected chi connectivity index (χ1v) is 14.8. The van der Waals surface area contributed by atoms with Crippen LogP contribution in [0.15, 0.2) is 45.6 Å². The van der Waals surface area contributed by atoms with Gasteiger partial charge in [0, 0.05) is 59.2 Å². The van der Waals surface area contributed by atoms with Crippen molar-refractivity contribution in [1.29, 1.82) is 0 Å². The molecule has 17 heteroatoms. The minimum absolute atomic E-state index is 0.137. The van der Waals surface area contributed by atoms with Crippen LogP contribution in [0.1, 0.15) is 41.5 Å². The number of benzene rings is 2. The van der Waals surface area contributed by atoms with E-state index >= 15 is 0 Å². The van der Waals surface area contributed by atoms with E-state index in [2.05, 4.69) is 0 Å². The molecule has 5 unspecified atom stereocenters. The van der Waals surface area contributed by atoms with Crippen LogP contribution in [0, 0.1) is 0 Å². The SMILES string of the molecule is CC(=O)Oc1ccc(-c2oc3cc(OC(C)=O)cc(OC(C)=O)c3c(=O)c2OC2OC(CO)C(OC(C)=O)C(OC(C)=O)C2OC(C)=O)cc1. The van der Waals surface area contributed by atoms with Crippen LogP contribution in [0.25, 0.3) is 22.3 Å². The summed E-state index contributed by atoms with van der Waals surface area (Å²) in [5.74, 6) is -6.18. The third-order valence-electron chi connectivity index (χ3n) is 6.70. The van der Waals surface area contributed by atoms with Crippen molar-refractivity contribution >= 4 is 46.8 Å². The summed E-state index contributed by atoms with van der Waals surface area (Å²) >= 11 is 0. The van der Waals surface area contributed by atoms with Gasteiger partial charge in [-0.3, -0.25) is 33.6 Å². The molecule has 1 fully saturated rings. The van der Waals surface area contributed by atoms with Crippen LogP contribution in [-0.4, -0.2) is 78.2 Å². The summed E-state index contributed by atoms with van der Waals surface area (Å²) < 4.78 is 49.6. The van der Waals surface area contributed by atoms with Crippen LogP contribution in [0.4, 0.5) is 0 Å². The van der Waals surface area contributed by atoms with Crippen molar-refractivity contribution in [2.45, 2.75) is 72.2 Å². The zero-order valence-corrected chi connectivity index (χ0v) is 27.5. The molecule has 50 heavy (non-hydrogen) atoms. The number of ether oxygens (including phenoxy) is 8. The lowest BCUT2D eigenvalue weighted by molar-refractivity contribution is -0.288. The minimum Gasteiger partial charge on any atom is -0.456 e. The maximum Gasteiger partial charge on any atom is 0.308 e. The largest absolute Gasteiger partial charge is 0.456 e. The fourth-order valence-corrected chi connectivity index (χ4v) is 5.05. The number of fused-ring (bicyclic) bond motifs is 1. The van der Waals surface area contributed by atoms with Crippen LogP contribution in [0.3, 0.4) is 0 Å². The molecule has 0 saturated carbocycles. The Hall–Kier alpha value is -5.81. The summed E-state index contributed by atoms with van der Waals surface area (Å²) in [5, 5.41) is 9.82. The van der Waals surface area contributed by atoms with Crippen LogP contribution >= 0.6 is 0 Å². The summed E-state index contributed by atoms with van der Waals surface area (Å²) in [6.07, 6.45) is -8.11. The third-order valence-corrected chi connectivity index (χ3v) is 6.70. The standard InChI is InChI=1S/C33H32O17/c1-14(35)42-21-9-7-20(8-10-21)28-30(27(41)26-23(44-16(3)37)11-22(43-15(2)36)12-24(26)48-28)50-33-32(47-19(6)40)31(46-18(5)39)29(45-17(4)38)25(13-34)49-33/h7-12,25,29,31-34H,13H2,1-6H3. The smallest absolute Gasteiger partial charge is 0.308 e. The van der Waals surface area contributed by atoms with Gasteiger partial charge < -0.3 is 47.4 Å². The number of hydrogen-bond donors (Lipinski definition) is 1. The number of rotatable bonds is 10. The monoisotopic (exact) mass is 700 g/mol. The Morgan fingerprint density at radius 3 is 1.76 bits per heavy atom. The van der Waals surface area contributed by atoms with Crippen molar-refractivity contribution < 1.29 is 76.2 Å². The predicted octanol–water partition coefficient (Wildman–Crippen LogP) is 2.13. The van der Waals surface area contributed by atoms with Crippen molar-refractivity contribution in [3.05, 3.63) is 46.6 Å². The Labute approximate surface area is 282 Å². The Balaban J connectivity index is 1.99. The molecular weight excluding hydrogens is 668 g/mol. The van der Waals surface area contributed by atoms with Crippen molar-refractivity contribution in [2.75, 3.05) is 6.61 Å². The maximum absolute atomic E-state index is 14.4. The highest BCUT2D eigenvalue weighted by atomic mass is 16.7. The summed E-state index contributed by atoms with van der Waals surface area (Å²) in [6, 6.07) is 7.85. The molecule has 0 spiro atoms. The number of carbonyl (C=O) groups excluding carboxylic acids is 6. The Bertz CT molecular complexity index is 1880. The summed E-state index contributed by atoms with van der Waals surface area (Å²) in [5.41, 5.74) is -1.07. The van der Waals surface area contributed by atoms with E-state index in [9.17, 15) is 38.7 Å². The fraction of sp³-hybridized carbons (Fsp3) is 0.364. The molecule has 2 heterocycles. The van der Waals surface area contributed by atoms with E-state index in [1.54, 1.807) is 0 Å². The van der Waals surface area contributed by atoms with Crippen LogP contribution < -0.4 is 24.4 Å². The van der Waals surface area contributed by atoms with E-state index in [1.807, 2.05) is 0 Å². The number of aliphatic hydroxyl groups excluding tert-OH is 1. The second-order valence-electron chi connectivity index (χ2n) is 10.8. The third kappa shape index (κ3) is 8.80. The zero-order valence-electron chi connectivity index (χ0n) is 27.5. The van der Waals surface area contributed by atoms with Crippen LogP contribution in [0.2, 0.25) is 0 Å². The highest BCUT2D eigenvalue weighted by Gasteiger charge is 2.53. The number of carbonyl (C=O) groups is 6. The molecule has 2 aromatic carbocycles. The van der Waals surface area contributed by atoms with Gasteiger partial charge in [-0.25, -0.2) is 0 Å². The molecule has 0 radical (unpaired) electrons. The van der Waals surface area contributed by atoms with E-state index in [0.717, 1.165) is 40.7 Å². The normalized spacial score (nSPS) is 19.9. The van der Waals surface area contributed by atoms with E-state index in [1.165, 1.54) is 37.3 Å². The van der Waals surface area contributed by atoms with Crippen molar-refractivity contribution in [3.8, 4) is 34.3 Å². The van der Waals surface area contributed by atoms with Gasteiger partial charge in [0.25, 0.3) is 0 Å². The topological polar surface area (TPSA) is 227 Å². The van der Waals surface area contributed by atoms with E-state index in [4.69, 9.17) is 42.3 Å². The predicted molar refractivity (Wildman–Crippen MR) is 165 cm³/mol. The second-order valence-corrected chi connectivity index (χ2v) is 10.8.